The van der Waals surface area contributed by atoms with Crippen LogP contribution in [0.15, 0.2) is 16.7 Å². The highest BCUT2D eigenvalue weighted by Gasteiger charge is 2.14. The number of aromatic nitrogens is 3. The monoisotopic (exact) mass is 221 g/mol. The van der Waals surface area contributed by atoms with Gasteiger partial charge in [-0.15, -0.1) is 0 Å². The lowest BCUT2D eigenvalue weighted by Crippen LogP contribution is -2.15. The van der Waals surface area contributed by atoms with Crippen molar-refractivity contribution in [2.45, 2.75) is 6.92 Å². The van der Waals surface area contributed by atoms with Crippen LogP contribution in [0.4, 0.5) is 11.7 Å². The van der Waals surface area contributed by atoms with Crippen LogP contribution in [0.5, 0.6) is 0 Å². The second-order valence-corrected chi connectivity index (χ2v) is 3.36. The SMILES string of the molecule is Cc1cc(NC(=O)c2cc(N)nn2C)on1. The maximum Gasteiger partial charge on any atom is 0.276 e. The van der Waals surface area contributed by atoms with E-state index in [0.717, 1.165) is 0 Å². The standard InChI is InChI=1S/C9H11N5O2/c1-5-3-8(16-13-5)11-9(15)6-4-7(10)12-14(6)2/h3-4H,1-2H3,(H2,10,12)(H,11,15). The maximum atomic E-state index is 11.7. The van der Waals surface area contributed by atoms with Crippen LogP contribution in [0.2, 0.25) is 0 Å². The molecule has 0 spiro atoms. The summed E-state index contributed by atoms with van der Waals surface area (Å²) in [7, 11) is 1.64. The Hall–Kier alpha value is -2.31. The highest BCUT2D eigenvalue weighted by atomic mass is 16.5. The highest BCUT2D eigenvalue weighted by Crippen LogP contribution is 2.11. The first-order valence-electron chi connectivity index (χ1n) is 4.60. The summed E-state index contributed by atoms with van der Waals surface area (Å²) in [5.41, 5.74) is 6.51. The second-order valence-electron chi connectivity index (χ2n) is 3.36. The van der Waals surface area contributed by atoms with Crippen molar-refractivity contribution in [3.8, 4) is 0 Å². The predicted octanol–water partition coefficient (Wildman–Crippen LogP) is 0.551. The average molecular weight is 221 g/mol. The Balaban J connectivity index is 2.17. The Morgan fingerprint density at radius 2 is 2.31 bits per heavy atom. The smallest absolute Gasteiger partial charge is 0.276 e. The van der Waals surface area contributed by atoms with E-state index in [1.165, 1.54) is 10.7 Å². The Kier molecular flexibility index (Phi) is 2.35. The highest BCUT2D eigenvalue weighted by molar-refractivity contribution is 6.02. The molecule has 1 amide bonds. The summed E-state index contributed by atoms with van der Waals surface area (Å²) in [6.07, 6.45) is 0. The van der Waals surface area contributed by atoms with Gasteiger partial charge >= 0.3 is 0 Å². The Morgan fingerprint density at radius 3 is 2.81 bits per heavy atom. The van der Waals surface area contributed by atoms with Crippen LogP contribution >= 0.6 is 0 Å². The van der Waals surface area contributed by atoms with Gasteiger partial charge < -0.3 is 10.3 Å². The number of carbonyl (C=O) groups excluding carboxylic acids is 1. The molecule has 84 valence electrons. The van der Waals surface area contributed by atoms with E-state index in [9.17, 15) is 4.79 Å². The van der Waals surface area contributed by atoms with E-state index in [2.05, 4.69) is 15.6 Å². The van der Waals surface area contributed by atoms with Gasteiger partial charge in [-0.3, -0.25) is 14.8 Å². The molecule has 0 fully saturated rings. The molecule has 0 bridgehead atoms. The molecule has 7 heteroatoms. The first-order chi connectivity index (χ1) is 7.56. The number of hydrogen-bond donors (Lipinski definition) is 2. The molecule has 2 aromatic rings. The van der Waals surface area contributed by atoms with Gasteiger partial charge in [-0.25, -0.2) is 0 Å². The Labute approximate surface area is 91.2 Å². The van der Waals surface area contributed by atoms with Crippen molar-refractivity contribution in [3.63, 3.8) is 0 Å². The lowest BCUT2D eigenvalue weighted by molar-refractivity contribution is 0.101. The van der Waals surface area contributed by atoms with Crippen molar-refractivity contribution in [2.24, 2.45) is 7.05 Å². The summed E-state index contributed by atoms with van der Waals surface area (Å²) in [4.78, 5) is 11.7. The van der Waals surface area contributed by atoms with Crippen LogP contribution in [0, 0.1) is 6.92 Å². The molecule has 0 aliphatic heterocycles. The number of nitrogens with zero attached hydrogens (tertiary/aromatic N) is 3. The number of hydrogen-bond acceptors (Lipinski definition) is 5. The fraction of sp³-hybridized carbons (Fsp3) is 0.222. The Morgan fingerprint density at radius 1 is 1.56 bits per heavy atom. The number of aryl methyl sites for hydroxylation is 2. The molecular weight excluding hydrogens is 210 g/mol. The minimum absolute atomic E-state index is 0.293. The largest absolute Gasteiger partial charge is 0.382 e. The summed E-state index contributed by atoms with van der Waals surface area (Å²) >= 11 is 0. The van der Waals surface area contributed by atoms with Gasteiger partial charge in [0.2, 0.25) is 5.88 Å². The molecule has 0 atom stereocenters. The lowest BCUT2D eigenvalue weighted by atomic mass is 10.4. The molecule has 0 aromatic carbocycles. The maximum absolute atomic E-state index is 11.7. The molecule has 2 heterocycles. The van der Waals surface area contributed by atoms with E-state index in [-0.39, 0.29) is 5.91 Å². The number of rotatable bonds is 2. The van der Waals surface area contributed by atoms with E-state index in [1.807, 2.05) is 0 Å². The van der Waals surface area contributed by atoms with Gasteiger partial charge in [0.25, 0.3) is 5.91 Å². The van der Waals surface area contributed by atoms with Crippen LogP contribution in [0.25, 0.3) is 0 Å². The number of nitrogens with two attached hydrogens (primary N) is 1. The van der Waals surface area contributed by atoms with Crippen molar-refractivity contribution in [2.75, 3.05) is 11.1 Å². The third kappa shape index (κ3) is 1.88. The van der Waals surface area contributed by atoms with Gasteiger partial charge in [-0.1, -0.05) is 5.16 Å². The van der Waals surface area contributed by atoms with Crippen LogP contribution in [-0.2, 0) is 7.05 Å². The molecule has 7 nitrogen and oxygen atoms in total. The van der Waals surface area contributed by atoms with Gasteiger partial charge in [0.15, 0.2) is 0 Å². The number of amides is 1. The normalized spacial score (nSPS) is 10.4. The molecule has 0 saturated heterocycles. The van der Waals surface area contributed by atoms with Crippen LogP contribution in [0.3, 0.4) is 0 Å². The third-order valence-electron chi connectivity index (χ3n) is 2.00. The zero-order valence-electron chi connectivity index (χ0n) is 8.89. The topological polar surface area (TPSA) is 99.0 Å². The van der Waals surface area contributed by atoms with E-state index in [4.69, 9.17) is 10.3 Å². The average Bonchev–Trinajstić information content (AvgIpc) is 2.73. The zero-order chi connectivity index (χ0) is 11.7. The van der Waals surface area contributed by atoms with Gasteiger partial charge in [0.1, 0.15) is 11.5 Å². The number of nitrogen functional groups attached to an aromatic ring is 1. The van der Waals surface area contributed by atoms with Crippen LogP contribution in [0.1, 0.15) is 16.2 Å². The van der Waals surface area contributed by atoms with Crippen molar-refractivity contribution < 1.29 is 9.32 Å². The molecule has 2 rings (SSSR count). The van der Waals surface area contributed by atoms with Crippen LogP contribution < -0.4 is 11.1 Å². The van der Waals surface area contributed by atoms with Crippen molar-refractivity contribution >= 4 is 17.6 Å². The summed E-state index contributed by atoms with van der Waals surface area (Å²) in [6.45, 7) is 1.77. The van der Waals surface area contributed by atoms with Gasteiger partial charge in [0, 0.05) is 19.2 Å². The predicted molar refractivity (Wildman–Crippen MR) is 56.8 cm³/mol. The molecule has 0 aliphatic carbocycles. The minimum Gasteiger partial charge on any atom is -0.382 e. The van der Waals surface area contributed by atoms with Gasteiger partial charge in [-0.2, -0.15) is 5.10 Å². The van der Waals surface area contributed by atoms with Gasteiger partial charge in [0.05, 0.1) is 5.69 Å². The summed E-state index contributed by atoms with van der Waals surface area (Å²) in [5, 5.41) is 10.1. The summed E-state index contributed by atoms with van der Waals surface area (Å²) < 4.78 is 6.26. The first kappa shape index (κ1) is 10.2. The first-order valence-corrected chi connectivity index (χ1v) is 4.60. The molecule has 0 saturated carbocycles. The molecule has 3 N–H and O–H groups in total. The van der Waals surface area contributed by atoms with Crippen molar-refractivity contribution in [3.05, 3.63) is 23.5 Å². The Bertz CT molecular complexity index is 528. The summed E-state index contributed by atoms with van der Waals surface area (Å²) in [5.74, 6) is 0.242. The fourth-order valence-corrected chi connectivity index (χ4v) is 1.30. The molecule has 0 radical (unpaired) electrons. The molecule has 16 heavy (non-hydrogen) atoms. The summed E-state index contributed by atoms with van der Waals surface area (Å²) in [6, 6.07) is 3.11. The molecule has 0 aliphatic rings. The van der Waals surface area contributed by atoms with Crippen molar-refractivity contribution in [1.29, 1.82) is 0 Å². The lowest BCUT2D eigenvalue weighted by Gasteiger charge is -2.00. The fourth-order valence-electron chi connectivity index (χ4n) is 1.30. The number of carbonyl (C=O) groups is 1. The van der Waals surface area contributed by atoms with Crippen LogP contribution in [-0.4, -0.2) is 20.8 Å². The number of anilines is 2. The van der Waals surface area contributed by atoms with E-state index >= 15 is 0 Å². The number of nitrogens with one attached hydrogen (secondary N) is 1. The van der Waals surface area contributed by atoms with Crippen molar-refractivity contribution in [1.82, 2.24) is 14.9 Å². The zero-order valence-corrected chi connectivity index (χ0v) is 8.89. The molecule has 0 unspecified atom stereocenters. The minimum atomic E-state index is -0.345. The van der Waals surface area contributed by atoms with E-state index in [1.54, 1.807) is 20.0 Å². The second kappa shape index (κ2) is 3.69. The quantitative estimate of drug-likeness (QED) is 0.771. The molecule has 2 aromatic heterocycles. The molecular formula is C9H11N5O2. The third-order valence-corrected chi connectivity index (χ3v) is 2.00. The van der Waals surface area contributed by atoms with E-state index < -0.39 is 0 Å². The van der Waals surface area contributed by atoms with E-state index in [0.29, 0.717) is 23.1 Å². The van der Waals surface area contributed by atoms with Gasteiger partial charge in [-0.05, 0) is 6.92 Å².